The minimum atomic E-state index is -0.665. The Balaban J connectivity index is 1.89. The maximum atomic E-state index is 11.3. The maximum absolute atomic E-state index is 11.3. The van der Waals surface area contributed by atoms with Crippen LogP contribution >= 0.6 is 0 Å². The van der Waals surface area contributed by atoms with Gasteiger partial charge in [-0.05, 0) is 11.1 Å². The molecule has 0 unspecified atom stereocenters. The SMILES string of the molecule is C=C[C@@H](OCc1ccccc1)[C@H](C=O)OCc1ccccc1. The smallest absolute Gasteiger partial charge is 0.151 e. The minimum Gasteiger partial charge on any atom is -0.366 e. The van der Waals surface area contributed by atoms with Gasteiger partial charge in [0.1, 0.15) is 12.2 Å². The van der Waals surface area contributed by atoms with Gasteiger partial charge in [0.25, 0.3) is 0 Å². The van der Waals surface area contributed by atoms with Crippen LogP contribution in [0.3, 0.4) is 0 Å². The predicted molar refractivity (Wildman–Crippen MR) is 86.3 cm³/mol. The van der Waals surface area contributed by atoms with Crippen LogP contribution in [0.25, 0.3) is 0 Å². The fraction of sp³-hybridized carbons (Fsp3) is 0.211. The molecule has 0 saturated heterocycles. The molecule has 2 rings (SSSR count). The van der Waals surface area contributed by atoms with Crippen molar-refractivity contribution in [3.05, 3.63) is 84.4 Å². The monoisotopic (exact) mass is 296 g/mol. The molecule has 0 saturated carbocycles. The van der Waals surface area contributed by atoms with Crippen LogP contribution in [-0.2, 0) is 27.5 Å². The molecular formula is C19H20O3. The van der Waals surface area contributed by atoms with E-state index in [2.05, 4.69) is 6.58 Å². The highest BCUT2D eigenvalue weighted by molar-refractivity contribution is 5.57. The Bertz CT molecular complexity index is 512. The molecule has 0 aliphatic heterocycles. The molecule has 0 aromatic heterocycles. The van der Waals surface area contributed by atoms with Crippen LogP contribution in [0.2, 0.25) is 0 Å². The average molecular weight is 296 g/mol. The van der Waals surface area contributed by atoms with E-state index in [9.17, 15) is 4.79 Å². The molecule has 0 aliphatic carbocycles. The molecule has 0 amide bonds. The van der Waals surface area contributed by atoms with Crippen LogP contribution in [0.15, 0.2) is 73.3 Å². The molecule has 0 heterocycles. The van der Waals surface area contributed by atoms with Gasteiger partial charge >= 0.3 is 0 Å². The molecule has 3 nitrogen and oxygen atoms in total. The van der Waals surface area contributed by atoms with Gasteiger partial charge in [-0.2, -0.15) is 0 Å². The highest BCUT2D eigenvalue weighted by Gasteiger charge is 2.19. The van der Waals surface area contributed by atoms with Crippen molar-refractivity contribution in [2.75, 3.05) is 0 Å². The normalized spacial score (nSPS) is 13.3. The maximum Gasteiger partial charge on any atom is 0.151 e. The molecule has 2 aromatic rings. The van der Waals surface area contributed by atoms with E-state index in [1.54, 1.807) is 6.08 Å². The minimum absolute atomic E-state index is 0.364. The summed E-state index contributed by atoms with van der Waals surface area (Å²) in [4.78, 5) is 11.3. The fourth-order valence-electron chi connectivity index (χ4n) is 2.04. The Morgan fingerprint density at radius 2 is 1.27 bits per heavy atom. The lowest BCUT2D eigenvalue weighted by molar-refractivity contribution is -0.128. The molecule has 3 heteroatoms. The zero-order valence-corrected chi connectivity index (χ0v) is 12.4. The van der Waals surface area contributed by atoms with Crippen molar-refractivity contribution < 1.29 is 14.3 Å². The molecule has 22 heavy (non-hydrogen) atoms. The standard InChI is InChI=1S/C19H20O3/c1-2-18(21-14-16-9-5-3-6-10-16)19(13-20)22-15-17-11-7-4-8-12-17/h2-13,18-19H,1,14-15H2/t18-,19+/m1/s1. The van der Waals surface area contributed by atoms with Gasteiger partial charge in [0.05, 0.1) is 13.2 Å². The van der Waals surface area contributed by atoms with Crippen molar-refractivity contribution in [2.45, 2.75) is 25.4 Å². The molecule has 0 fully saturated rings. The van der Waals surface area contributed by atoms with Crippen LogP contribution in [0.5, 0.6) is 0 Å². The number of aldehydes is 1. The van der Waals surface area contributed by atoms with Crippen LogP contribution in [0.1, 0.15) is 11.1 Å². The molecule has 0 aliphatic rings. The Labute approximate surface area is 131 Å². The first-order valence-electron chi connectivity index (χ1n) is 7.22. The molecule has 114 valence electrons. The second-order valence-electron chi connectivity index (χ2n) is 4.89. The van der Waals surface area contributed by atoms with Crippen molar-refractivity contribution in [2.24, 2.45) is 0 Å². The number of benzene rings is 2. The summed E-state index contributed by atoms with van der Waals surface area (Å²) in [5, 5.41) is 0. The second-order valence-corrected chi connectivity index (χ2v) is 4.89. The van der Waals surface area contributed by atoms with E-state index in [1.807, 2.05) is 60.7 Å². The van der Waals surface area contributed by atoms with Gasteiger partial charge in [-0.25, -0.2) is 0 Å². The van der Waals surface area contributed by atoms with Crippen LogP contribution in [-0.4, -0.2) is 18.5 Å². The lowest BCUT2D eigenvalue weighted by Crippen LogP contribution is -2.31. The largest absolute Gasteiger partial charge is 0.366 e. The van der Waals surface area contributed by atoms with Crippen molar-refractivity contribution in [3.8, 4) is 0 Å². The quantitative estimate of drug-likeness (QED) is 0.524. The van der Waals surface area contributed by atoms with Gasteiger partial charge in [0, 0.05) is 0 Å². The summed E-state index contributed by atoms with van der Waals surface area (Å²) < 4.78 is 11.4. The molecule has 0 radical (unpaired) electrons. The number of hydrogen-bond acceptors (Lipinski definition) is 3. The van der Waals surface area contributed by atoms with Crippen molar-refractivity contribution in [1.82, 2.24) is 0 Å². The number of hydrogen-bond donors (Lipinski definition) is 0. The second kappa shape index (κ2) is 8.93. The fourth-order valence-corrected chi connectivity index (χ4v) is 2.04. The van der Waals surface area contributed by atoms with Crippen LogP contribution in [0.4, 0.5) is 0 Å². The van der Waals surface area contributed by atoms with Gasteiger partial charge < -0.3 is 14.3 Å². The summed E-state index contributed by atoms with van der Waals surface area (Å²) in [5.41, 5.74) is 2.06. The van der Waals surface area contributed by atoms with Gasteiger partial charge in [-0.15, -0.1) is 6.58 Å². The Hall–Kier alpha value is -2.23. The number of carbonyl (C=O) groups is 1. The molecular weight excluding hydrogens is 276 g/mol. The lowest BCUT2D eigenvalue weighted by atomic mass is 10.2. The lowest BCUT2D eigenvalue weighted by Gasteiger charge is -2.21. The van der Waals surface area contributed by atoms with Gasteiger partial charge in [-0.3, -0.25) is 0 Å². The van der Waals surface area contributed by atoms with E-state index in [0.717, 1.165) is 17.4 Å². The van der Waals surface area contributed by atoms with Crippen LogP contribution < -0.4 is 0 Å². The molecule has 0 spiro atoms. The summed E-state index contributed by atoms with van der Waals surface area (Å²) in [6, 6.07) is 19.5. The summed E-state index contributed by atoms with van der Waals surface area (Å²) in [5.74, 6) is 0. The Morgan fingerprint density at radius 3 is 1.68 bits per heavy atom. The van der Waals surface area contributed by atoms with Gasteiger partial charge in [0.15, 0.2) is 6.29 Å². The van der Waals surface area contributed by atoms with Gasteiger partial charge in [-0.1, -0.05) is 66.7 Å². The number of rotatable bonds is 9. The van der Waals surface area contributed by atoms with Crippen molar-refractivity contribution in [3.63, 3.8) is 0 Å². The van der Waals surface area contributed by atoms with Gasteiger partial charge in [0.2, 0.25) is 0 Å². The van der Waals surface area contributed by atoms with E-state index in [0.29, 0.717) is 13.2 Å². The molecule has 2 atom stereocenters. The summed E-state index contributed by atoms with van der Waals surface area (Å²) in [6.07, 6.45) is 1.23. The number of ether oxygens (including phenoxy) is 2. The van der Waals surface area contributed by atoms with Crippen molar-refractivity contribution >= 4 is 6.29 Å². The van der Waals surface area contributed by atoms with E-state index in [4.69, 9.17) is 9.47 Å². The third-order valence-corrected chi connectivity index (χ3v) is 3.26. The molecule has 2 aromatic carbocycles. The van der Waals surface area contributed by atoms with Crippen LogP contribution in [0, 0.1) is 0 Å². The predicted octanol–water partition coefficient (Wildman–Crippen LogP) is 3.54. The first kappa shape index (κ1) is 16.1. The highest BCUT2D eigenvalue weighted by Crippen LogP contribution is 2.11. The van der Waals surface area contributed by atoms with E-state index >= 15 is 0 Å². The van der Waals surface area contributed by atoms with E-state index in [-0.39, 0.29) is 0 Å². The summed E-state index contributed by atoms with van der Waals surface area (Å²) in [6.45, 7) is 4.51. The zero-order chi connectivity index (χ0) is 15.6. The van der Waals surface area contributed by atoms with E-state index in [1.165, 1.54) is 0 Å². The third-order valence-electron chi connectivity index (χ3n) is 3.26. The summed E-state index contributed by atoms with van der Waals surface area (Å²) >= 11 is 0. The molecule has 0 bridgehead atoms. The first-order chi connectivity index (χ1) is 10.8. The Morgan fingerprint density at radius 1 is 0.818 bits per heavy atom. The Kier molecular flexibility index (Phi) is 6.55. The first-order valence-corrected chi connectivity index (χ1v) is 7.22. The zero-order valence-electron chi connectivity index (χ0n) is 12.4. The highest BCUT2D eigenvalue weighted by atomic mass is 16.5. The topological polar surface area (TPSA) is 35.5 Å². The molecule has 0 N–H and O–H groups in total. The third kappa shape index (κ3) is 4.95. The van der Waals surface area contributed by atoms with Crippen molar-refractivity contribution in [1.29, 1.82) is 0 Å². The number of carbonyl (C=O) groups excluding carboxylic acids is 1. The van der Waals surface area contributed by atoms with E-state index < -0.39 is 12.2 Å². The summed E-state index contributed by atoms with van der Waals surface area (Å²) in [7, 11) is 0. The average Bonchev–Trinajstić information content (AvgIpc) is 2.59.